The second-order valence-electron chi connectivity index (χ2n) is 4.59. The van der Waals surface area contributed by atoms with Crippen molar-refractivity contribution in [3.63, 3.8) is 0 Å². The molecule has 2 rings (SSSR count). The fourth-order valence-corrected chi connectivity index (χ4v) is 1.70. The molecule has 8 heteroatoms. The number of hydrogen-bond donors (Lipinski definition) is 0. The van der Waals surface area contributed by atoms with Gasteiger partial charge in [0.05, 0.1) is 26.5 Å². The molecule has 2 aromatic heterocycles. The van der Waals surface area contributed by atoms with Crippen LogP contribution in [0.2, 0.25) is 0 Å². The lowest BCUT2D eigenvalue weighted by Crippen LogP contribution is -2.25. The summed E-state index contributed by atoms with van der Waals surface area (Å²) in [4.78, 5) is 0. The average Bonchev–Trinajstić information content (AvgIpc) is 2.89. The van der Waals surface area contributed by atoms with Crippen molar-refractivity contribution in [1.82, 2.24) is 13.7 Å². The molecule has 2 aromatic rings. The first-order valence-electron chi connectivity index (χ1n) is 6.18. The van der Waals surface area contributed by atoms with E-state index in [2.05, 4.69) is 20.4 Å². The van der Waals surface area contributed by atoms with Crippen molar-refractivity contribution < 1.29 is 4.57 Å². The van der Waals surface area contributed by atoms with Gasteiger partial charge in [-0.25, -0.2) is 9.13 Å². The van der Waals surface area contributed by atoms with E-state index in [1.807, 2.05) is 71.2 Å². The van der Waals surface area contributed by atoms with Crippen LogP contribution in [-0.4, -0.2) is 19.5 Å². The Balaban J connectivity index is 0.00000220. The van der Waals surface area contributed by atoms with E-state index in [1.165, 1.54) is 0 Å². The van der Waals surface area contributed by atoms with Crippen molar-refractivity contribution in [1.29, 1.82) is 0 Å². The maximum atomic E-state index is 4.16. The summed E-state index contributed by atoms with van der Waals surface area (Å²) >= 11 is 0. The van der Waals surface area contributed by atoms with Gasteiger partial charge in [0.2, 0.25) is 5.62 Å². The molecule has 0 aliphatic heterocycles. The van der Waals surface area contributed by atoms with Crippen molar-refractivity contribution in [2.45, 2.75) is 6.92 Å². The topological polar surface area (TPSA) is 68.1 Å². The number of aryl methyl sites for hydroxylation is 4. The summed E-state index contributed by atoms with van der Waals surface area (Å²) in [5.41, 5.74) is 0.740. The van der Waals surface area contributed by atoms with Crippen LogP contribution < -0.4 is 10.2 Å². The minimum atomic E-state index is 0. The predicted octanol–water partition coefficient (Wildman–Crippen LogP) is 0.995. The van der Waals surface area contributed by atoms with Gasteiger partial charge in [0.25, 0.3) is 0 Å². The van der Waals surface area contributed by atoms with E-state index in [-0.39, 0.29) is 7.43 Å². The van der Waals surface area contributed by atoms with Gasteiger partial charge in [-0.1, -0.05) is 5.11 Å². The van der Waals surface area contributed by atoms with E-state index in [0.29, 0.717) is 5.84 Å². The summed E-state index contributed by atoms with van der Waals surface area (Å²) in [6.07, 6.45) is 7.65. The van der Waals surface area contributed by atoms with Crippen LogP contribution in [0.4, 0.5) is 5.95 Å². The molecule has 0 radical (unpaired) electrons. The van der Waals surface area contributed by atoms with Crippen LogP contribution in [0, 0.1) is 7.43 Å². The zero-order valence-electron chi connectivity index (χ0n) is 13.4. The third-order valence-corrected chi connectivity index (χ3v) is 2.86. The second kappa shape index (κ2) is 6.78. The van der Waals surface area contributed by atoms with E-state index in [9.17, 15) is 0 Å². The fourth-order valence-electron chi connectivity index (χ4n) is 1.70. The van der Waals surface area contributed by atoms with Crippen LogP contribution in [-0.2, 0) is 28.2 Å². The van der Waals surface area contributed by atoms with Gasteiger partial charge < -0.3 is 16.6 Å². The summed E-state index contributed by atoms with van der Waals surface area (Å²) in [5, 5.41) is 16.4. The summed E-state index contributed by atoms with van der Waals surface area (Å²) in [6, 6.07) is 0. The lowest BCUT2D eigenvalue weighted by atomic mass is 10.7. The lowest BCUT2D eigenvalue weighted by molar-refractivity contribution is -0.657. The summed E-state index contributed by atoms with van der Waals surface area (Å²) in [7, 11) is 7.65. The highest BCUT2D eigenvalue weighted by Gasteiger charge is 2.10. The Kier molecular flexibility index (Phi) is 5.34. The molecule has 0 unspecified atom stereocenters. The van der Waals surface area contributed by atoms with Gasteiger partial charge in [-0.3, -0.25) is 0 Å². The van der Waals surface area contributed by atoms with Crippen molar-refractivity contribution in [3.05, 3.63) is 37.8 Å². The SMILES string of the molecule is C/C(N=Nc1n(C)cc[n+]1C)=N\N=c1n(C)ccn1C.[CH3-]. The quantitative estimate of drug-likeness (QED) is 0.198. The van der Waals surface area contributed by atoms with Crippen molar-refractivity contribution in [2.24, 2.45) is 48.6 Å². The van der Waals surface area contributed by atoms with Gasteiger partial charge in [-0.05, 0) is 0 Å². The molecule has 0 amide bonds. The monoisotopic (exact) mass is 290 g/mol. The highest BCUT2D eigenvalue weighted by atomic mass is 15.4. The van der Waals surface area contributed by atoms with E-state index in [4.69, 9.17) is 0 Å². The molecular weight excluding hydrogens is 268 g/mol. The van der Waals surface area contributed by atoms with Crippen molar-refractivity contribution in [2.75, 3.05) is 0 Å². The molecule has 0 spiro atoms. The highest BCUT2D eigenvalue weighted by molar-refractivity contribution is 5.79. The molecule has 2 heterocycles. The van der Waals surface area contributed by atoms with E-state index in [0.717, 1.165) is 11.6 Å². The van der Waals surface area contributed by atoms with Crippen LogP contribution >= 0.6 is 0 Å². The average molecular weight is 290 g/mol. The van der Waals surface area contributed by atoms with E-state index in [1.54, 1.807) is 6.92 Å². The third kappa shape index (κ3) is 3.74. The largest absolute Gasteiger partial charge is 0.421 e. The smallest absolute Gasteiger partial charge is 0.358 e. The molecule has 0 aromatic carbocycles. The molecule has 0 saturated heterocycles. The molecule has 0 fully saturated rings. The van der Waals surface area contributed by atoms with Crippen LogP contribution in [0.15, 0.2) is 45.2 Å². The third-order valence-electron chi connectivity index (χ3n) is 2.86. The molecule has 0 aliphatic carbocycles. The van der Waals surface area contributed by atoms with Crippen LogP contribution in [0.5, 0.6) is 0 Å². The van der Waals surface area contributed by atoms with Crippen LogP contribution in [0.3, 0.4) is 0 Å². The Bertz CT molecular complexity index is 684. The number of nitrogens with zero attached hydrogens (tertiary/aromatic N) is 8. The first kappa shape index (κ1) is 16.5. The number of hydrogen-bond acceptors (Lipinski definition) is 3. The normalized spacial score (nSPS) is 11.8. The number of amidine groups is 1. The zero-order chi connectivity index (χ0) is 14.7. The van der Waals surface area contributed by atoms with E-state index >= 15 is 0 Å². The first-order valence-corrected chi connectivity index (χ1v) is 6.18. The molecule has 0 atom stereocenters. The fraction of sp³-hybridized carbons (Fsp3) is 0.385. The Hall–Kier alpha value is -2.51. The predicted molar refractivity (Wildman–Crippen MR) is 80.6 cm³/mol. The number of imidazole rings is 2. The number of rotatable bonds is 2. The van der Waals surface area contributed by atoms with Crippen LogP contribution in [0.25, 0.3) is 0 Å². The minimum absolute atomic E-state index is 0. The zero-order valence-corrected chi connectivity index (χ0v) is 13.4. The molecular formula is C13H22N8. The molecule has 0 aliphatic rings. The van der Waals surface area contributed by atoms with E-state index < -0.39 is 0 Å². The van der Waals surface area contributed by atoms with Gasteiger partial charge in [-0.15, -0.1) is 10.2 Å². The Morgan fingerprint density at radius 1 is 1.05 bits per heavy atom. The second-order valence-corrected chi connectivity index (χ2v) is 4.59. The lowest BCUT2D eigenvalue weighted by Gasteiger charge is -1.91. The van der Waals surface area contributed by atoms with Gasteiger partial charge in [0.15, 0.2) is 5.84 Å². The maximum absolute atomic E-state index is 4.16. The van der Waals surface area contributed by atoms with Crippen LogP contribution in [0.1, 0.15) is 6.92 Å². The molecule has 0 bridgehead atoms. The first-order chi connectivity index (χ1) is 9.49. The van der Waals surface area contributed by atoms with Gasteiger partial charge in [0.1, 0.15) is 0 Å². The Labute approximate surface area is 124 Å². The number of aromatic nitrogens is 4. The maximum Gasteiger partial charge on any atom is 0.421 e. The van der Waals surface area contributed by atoms with Gasteiger partial charge in [-0.2, -0.15) is 0 Å². The standard InChI is InChI=1S/C12H19N8.CH3/c1-10(13-15-11-17(2)6-7-18(11)3)14-16-12-19(4)8-9-20(12)5;/h6-9H,1-5H3;1H3/q+1;-1. The van der Waals surface area contributed by atoms with Crippen molar-refractivity contribution in [3.8, 4) is 0 Å². The Morgan fingerprint density at radius 2 is 1.67 bits per heavy atom. The molecule has 0 N–H and O–H groups in total. The molecule has 8 nitrogen and oxygen atoms in total. The number of azo groups is 1. The minimum Gasteiger partial charge on any atom is -0.358 e. The molecule has 114 valence electrons. The molecule has 0 saturated carbocycles. The highest BCUT2D eigenvalue weighted by Crippen LogP contribution is 2.03. The summed E-state index contributed by atoms with van der Waals surface area (Å²) in [5.74, 6) is 1.23. The Morgan fingerprint density at radius 3 is 2.19 bits per heavy atom. The van der Waals surface area contributed by atoms with Gasteiger partial charge in [0, 0.05) is 38.5 Å². The van der Waals surface area contributed by atoms with Crippen molar-refractivity contribution >= 4 is 11.8 Å². The van der Waals surface area contributed by atoms with Gasteiger partial charge >= 0.3 is 5.95 Å². The summed E-state index contributed by atoms with van der Waals surface area (Å²) in [6.45, 7) is 1.76. The molecule has 21 heavy (non-hydrogen) atoms. The summed E-state index contributed by atoms with van der Waals surface area (Å²) < 4.78 is 7.52.